The van der Waals surface area contributed by atoms with E-state index in [0.29, 0.717) is 6.67 Å². The van der Waals surface area contributed by atoms with Crippen molar-refractivity contribution in [2.45, 2.75) is 52.6 Å². The molecule has 0 saturated carbocycles. The highest BCUT2D eigenvalue weighted by atomic mass is 16.2. The topological polar surface area (TPSA) is 25.2 Å². The summed E-state index contributed by atoms with van der Waals surface area (Å²) in [7, 11) is 0. The maximum atomic E-state index is 12.4. The molecule has 3 rings (SSSR count). The van der Waals surface area contributed by atoms with Gasteiger partial charge in [-0.3, -0.25) is 4.79 Å². The van der Waals surface area contributed by atoms with Crippen molar-refractivity contribution in [3.63, 3.8) is 0 Å². The molecule has 0 atom stereocenters. The number of fused-ring (bicyclic) bond motifs is 1. The highest BCUT2D eigenvalue weighted by Crippen LogP contribution is 2.30. The third kappa shape index (κ3) is 2.92. The van der Waals surface area contributed by atoms with Gasteiger partial charge in [0.05, 0.1) is 12.4 Å². The highest BCUT2D eigenvalue weighted by molar-refractivity contribution is 5.95. The normalized spacial score (nSPS) is 14.4. The Bertz CT molecular complexity index is 704. The summed E-state index contributed by atoms with van der Waals surface area (Å²) in [4.78, 5) is 14.4. The van der Waals surface area contributed by atoms with E-state index in [1.165, 1.54) is 11.1 Å². The van der Waals surface area contributed by atoms with Crippen LogP contribution < -0.4 is 0 Å². The molecule has 0 bridgehead atoms. The van der Waals surface area contributed by atoms with Crippen LogP contribution >= 0.6 is 0 Å². The molecule has 0 radical (unpaired) electrons. The van der Waals surface area contributed by atoms with Crippen LogP contribution in [0, 0.1) is 0 Å². The van der Waals surface area contributed by atoms with E-state index in [2.05, 4.69) is 62.6 Å². The lowest BCUT2D eigenvalue weighted by atomic mass is 9.86. The lowest BCUT2D eigenvalue weighted by Crippen LogP contribution is -2.25. The van der Waals surface area contributed by atoms with Gasteiger partial charge in [0.1, 0.15) is 5.69 Å². The van der Waals surface area contributed by atoms with Crippen LogP contribution in [-0.4, -0.2) is 21.9 Å². The average molecular weight is 310 g/mol. The predicted octanol–water partition coefficient (Wildman–Crippen LogP) is 4.67. The third-order valence-electron chi connectivity index (χ3n) is 4.63. The fourth-order valence-electron chi connectivity index (χ4n) is 3.12. The van der Waals surface area contributed by atoms with Gasteiger partial charge in [0, 0.05) is 6.54 Å². The molecule has 1 amide bonds. The molecule has 0 saturated heterocycles. The Kier molecular flexibility index (Phi) is 4.05. The molecule has 3 nitrogen and oxygen atoms in total. The summed E-state index contributed by atoms with van der Waals surface area (Å²) in [5.74, 6) is 0.163. The summed E-state index contributed by atoms with van der Waals surface area (Å²) < 4.78 is 2.14. The molecule has 0 fully saturated rings. The smallest absolute Gasteiger partial charge is 0.271 e. The second kappa shape index (κ2) is 5.88. The minimum Gasteiger partial charge on any atom is -0.319 e. The molecule has 0 unspecified atom stereocenters. The number of nitrogens with zero attached hydrogens (tertiary/aromatic N) is 2. The second-order valence-electron chi connectivity index (χ2n) is 7.42. The monoisotopic (exact) mass is 310 g/mol. The standard InChI is InChI=1S/C20H26N2O/c1-5-6-13-21-14-22-17(11-12-18(22)19(21)23)15-7-9-16(10-8-15)20(2,3)4/h7-12H,5-6,13-14H2,1-4H3. The van der Waals surface area contributed by atoms with E-state index < -0.39 is 0 Å². The van der Waals surface area contributed by atoms with Crippen LogP contribution in [-0.2, 0) is 12.1 Å². The molecule has 2 heterocycles. The number of carbonyl (C=O) groups excluding carboxylic acids is 1. The summed E-state index contributed by atoms with van der Waals surface area (Å²) in [5.41, 5.74) is 4.61. The Labute approximate surface area is 138 Å². The van der Waals surface area contributed by atoms with Crippen molar-refractivity contribution in [2.75, 3.05) is 6.54 Å². The summed E-state index contributed by atoms with van der Waals surface area (Å²) in [6.07, 6.45) is 2.17. The van der Waals surface area contributed by atoms with Crippen LogP contribution in [0.2, 0.25) is 0 Å². The van der Waals surface area contributed by atoms with E-state index in [9.17, 15) is 4.79 Å². The molecule has 0 N–H and O–H groups in total. The fourth-order valence-corrected chi connectivity index (χ4v) is 3.12. The number of hydrogen-bond acceptors (Lipinski definition) is 1. The van der Waals surface area contributed by atoms with Crippen LogP contribution in [0.5, 0.6) is 0 Å². The Morgan fingerprint density at radius 2 is 1.65 bits per heavy atom. The minimum atomic E-state index is 0.159. The summed E-state index contributed by atoms with van der Waals surface area (Å²) in [5, 5.41) is 0. The van der Waals surface area contributed by atoms with Gasteiger partial charge in [0.2, 0.25) is 0 Å². The van der Waals surface area contributed by atoms with Crippen LogP contribution in [0.25, 0.3) is 11.3 Å². The molecule has 2 aromatic rings. The molecule has 1 aliphatic rings. The molecule has 1 aromatic carbocycles. The molecular formula is C20H26N2O. The van der Waals surface area contributed by atoms with E-state index in [-0.39, 0.29) is 11.3 Å². The minimum absolute atomic E-state index is 0.159. The number of aromatic nitrogens is 1. The first kappa shape index (κ1) is 15.9. The number of rotatable bonds is 4. The van der Waals surface area contributed by atoms with E-state index in [1.54, 1.807) is 0 Å². The first-order chi connectivity index (χ1) is 10.9. The number of hydrogen-bond donors (Lipinski definition) is 0. The van der Waals surface area contributed by atoms with Crippen molar-refractivity contribution in [2.24, 2.45) is 0 Å². The Hall–Kier alpha value is -2.03. The lowest BCUT2D eigenvalue weighted by molar-refractivity contribution is 0.0768. The van der Waals surface area contributed by atoms with Gasteiger partial charge in [-0.05, 0) is 35.1 Å². The van der Waals surface area contributed by atoms with Gasteiger partial charge >= 0.3 is 0 Å². The lowest BCUT2D eigenvalue weighted by Gasteiger charge is -2.19. The Morgan fingerprint density at radius 1 is 1.00 bits per heavy atom. The van der Waals surface area contributed by atoms with Crippen molar-refractivity contribution in [1.29, 1.82) is 0 Å². The first-order valence-corrected chi connectivity index (χ1v) is 8.51. The van der Waals surface area contributed by atoms with Crippen LogP contribution in [0.15, 0.2) is 36.4 Å². The molecule has 122 valence electrons. The van der Waals surface area contributed by atoms with Gasteiger partial charge in [0.15, 0.2) is 0 Å². The number of amides is 1. The van der Waals surface area contributed by atoms with Crippen LogP contribution in [0.3, 0.4) is 0 Å². The SMILES string of the molecule is CCCCN1Cn2c(ccc2-c2ccc(C(C)(C)C)cc2)C1=O. The summed E-state index contributed by atoms with van der Waals surface area (Å²) >= 11 is 0. The van der Waals surface area contributed by atoms with E-state index in [0.717, 1.165) is 30.8 Å². The molecule has 1 aromatic heterocycles. The maximum absolute atomic E-state index is 12.4. The third-order valence-corrected chi connectivity index (χ3v) is 4.63. The molecular weight excluding hydrogens is 284 g/mol. The van der Waals surface area contributed by atoms with Gasteiger partial charge in [-0.1, -0.05) is 58.4 Å². The quantitative estimate of drug-likeness (QED) is 0.806. The zero-order valence-corrected chi connectivity index (χ0v) is 14.6. The fraction of sp³-hybridized carbons (Fsp3) is 0.450. The number of carbonyl (C=O) groups is 1. The van der Waals surface area contributed by atoms with Crippen molar-refractivity contribution in [3.05, 3.63) is 47.7 Å². The van der Waals surface area contributed by atoms with Crippen molar-refractivity contribution in [3.8, 4) is 11.3 Å². The second-order valence-corrected chi connectivity index (χ2v) is 7.42. The summed E-state index contributed by atoms with van der Waals surface area (Å²) in [6, 6.07) is 12.8. The van der Waals surface area contributed by atoms with Gasteiger partial charge in [-0.2, -0.15) is 0 Å². The highest BCUT2D eigenvalue weighted by Gasteiger charge is 2.28. The molecule has 1 aliphatic heterocycles. The summed E-state index contributed by atoms with van der Waals surface area (Å²) in [6.45, 7) is 10.4. The van der Waals surface area contributed by atoms with Crippen molar-refractivity contribution in [1.82, 2.24) is 9.47 Å². The van der Waals surface area contributed by atoms with Crippen molar-refractivity contribution < 1.29 is 4.79 Å². The maximum Gasteiger partial charge on any atom is 0.271 e. The Morgan fingerprint density at radius 3 is 2.26 bits per heavy atom. The van der Waals surface area contributed by atoms with Crippen molar-refractivity contribution >= 4 is 5.91 Å². The van der Waals surface area contributed by atoms with E-state index in [4.69, 9.17) is 0 Å². The van der Waals surface area contributed by atoms with Crippen LogP contribution in [0.1, 0.15) is 56.6 Å². The van der Waals surface area contributed by atoms with E-state index >= 15 is 0 Å². The van der Waals surface area contributed by atoms with E-state index in [1.807, 2.05) is 11.0 Å². The molecule has 0 aliphatic carbocycles. The number of unbranched alkanes of at least 4 members (excludes halogenated alkanes) is 1. The van der Waals surface area contributed by atoms with Gasteiger partial charge in [0.25, 0.3) is 5.91 Å². The number of benzene rings is 1. The largest absolute Gasteiger partial charge is 0.319 e. The first-order valence-electron chi connectivity index (χ1n) is 8.51. The molecule has 0 spiro atoms. The molecule has 3 heteroatoms. The molecule has 23 heavy (non-hydrogen) atoms. The Balaban J connectivity index is 1.87. The average Bonchev–Trinajstić information content (AvgIpc) is 3.05. The zero-order chi connectivity index (χ0) is 16.6. The predicted molar refractivity (Wildman–Crippen MR) is 94.5 cm³/mol. The zero-order valence-electron chi connectivity index (χ0n) is 14.6. The van der Waals surface area contributed by atoms with Crippen LogP contribution in [0.4, 0.5) is 0 Å². The van der Waals surface area contributed by atoms with Gasteiger partial charge < -0.3 is 9.47 Å². The van der Waals surface area contributed by atoms with Gasteiger partial charge in [-0.25, -0.2) is 0 Å². The van der Waals surface area contributed by atoms with Gasteiger partial charge in [-0.15, -0.1) is 0 Å².